The molecule has 1 N–H and O–H groups in total. The maximum Gasteiger partial charge on any atom is 0.0155 e. The molecule has 0 bridgehead atoms. The van der Waals surface area contributed by atoms with Gasteiger partial charge in [-0.1, -0.05) is 29.8 Å². The highest BCUT2D eigenvalue weighted by Gasteiger charge is 2.01. The molecule has 1 nitrogen and oxygen atoms in total. The average Bonchev–Trinajstić information content (AvgIpc) is 2.04. The van der Waals surface area contributed by atoms with Gasteiger partial charge in [-0.25, -0.2) is 0 Å². The van der Waals surface area contributed by atoms with Gasteiger partial charge in [-0.2, -0.15) is 0 Å². The molecule has 68 valence electrons. The summed E-state index contributed by atoms with van der Waals surface area (Å²) in [6.07, 6.45) is 3.68. The lowest BCUT2D eigenvalue weighted by atomic mass is 10.2. The molecule has 0 aliphatic heterocycles. The smallest absolute Gasteiger partial charge is 0.0155 e. The third-order valence-electron chi connectivity index (χ3n) is 2.01. The van der Waals surface area contributed by atoms with Crippen molar-refractivity contribution >= 4 is 15.9 Å². The highest BCUT2D eigenvalue weighted by Crippen LogP contribution is 2.07. The van der Waals surface area contributed by atoms with Gasteiger partial charge in [0.25, 0.3) is 0 Å². The van der Waals surface area contributed by atoms with E-state index in [1.54, 1.807) is 0 Å². The summed E-state index contributed by atoms with van der Waals surface area (Å²) < 4.78 is 0. The molecule has 0 amide bonds. The van der Waals surface area contributed by atoms with Gasteiger partial charge in [0, 0.05) is 10.9 Å². The number of nitrogens with one attached hydrogen (secondary N) is 1. The fourth-order valence-corrected chi connectivity index (χ4v) is 1.06. The first-order valence-corrected chi connectivity index (χ1v) is 5.49. The molecule has 11 heavy (non-hydrogen) atoms. The van der Waals surface area contributed by atoms with Crippen LogP contribution in [0, 0.1) is 0 Å². The van der Waals surface area contributed by atoms with E-state index in [0.717, 1.165) is 6.54 Å². The Morgan fingerprint density at radius 2 is 1.91 bits per heavy atom. The van der Waals surface area contributed by atoms with Crippen molar-refractivity contribution in [2.24, 2.45) is 0 Å². The van der Waals surface area contributed by atoms with Crippen LogP contribution in [0.25, 0.3) is 0 Å². The summed E-state index contributed by atoms with van der Waals surface area (Å²) >= 11 is 3.61. The minimum absolute atomic E-state index is 0.673. The van der Waals surface area contributed by atoms with Crippen molar-refractivity contribution in [2.75, 3.05) is 6.54 Å². The summed E-state index contributed by atoms with van der Waals surface area (Å²) in [4.78, 5) is 0.694. The van der Waals surface area contributed by atoms with Crippen LogP contribution in [0.5, 0.6) is 0 Å². The van der Waals surface area contributed by atoms with Gasteiger partial charge >= 0.3 is 0 Å². The van der Waals surface area contributed by atoms with Crippen molar-refractivity contribution in [1.82, 2.24) is 5.32 Å². The Morgan fingerprint density at radius 1 is 1.27 bits per heavy atom. The minimum atomic E-state index is 0.673. The lowest BCUT2D eigenvalue weighted by Gasteiger charge is -2.12. The normalized spacial score (nSPS) is 16.4. The lowest BCUT2D eigenvalue weighted by molar-refractivity contribution is 0.519. The first kappa shape index (κ1) is 11.4. The summed E-state index contributed by atoms with van der Waals surface area (Å²) in [7, 11) is 0. The van der Waals surface area contributed by atoms with Crippen molar-refractivity contribution in [2.45, 2.75) is 50.9 Å². The van der Waals surface area contributed by atoms with Crippen molar-refractivity contribution < 1.29 is 0 Å². The van der Waals surface area contributed by atoms with Gasteiger partial charge in [-0.05, 0) is 32.7 Å². The maximum atomic E-state index is 3.61. The van der Waals surface area contributed by atoms with E-state index < -0.39 is 0 Å². The standard InChI is InChI=1S/C9H20BrN/c1-4-8(3)11-7-6-9(10)5-2/h8-9,11H,4-7H2,1-3H3. The van der Waals surface area contributed by atoms with Gasteiger partial charge in [0.15, 0.2) is 0 Å². The Morgan fingerprint density at radius 3 is 2.36 bits per heavy atom. The van der Waals surface area contributed by atoms with Crippen molar-refractivity contribution in [1.29, 1.82) is 0 Å². The Bertz CT molecular complexity index is 75.6. The summed E-state index contributed by atoms with van der Waals surface area (Å²) in [6, 6.07) is 0.673. The van der Waals surface area contributed by atoms with Crippen LogP contribution >= 0.6 is 15.9 Å². The van der Waals surface area contributed by atoms with Crippen molar-refractivity contribution in [3.63, 3.8) is 0 Å². The van der Waals surface area contributed by atoms with E-state index in [1.165, 1.54) is 19.3 Å². The predicted octanol–water partition coefficient (Wildman–Crippen LogP) is 2.94. The van der Waals surface area contributed by atoms with E-state index in [2.05, 4.69) is 42.0 Å². The number of hydrogen-bond donors (Lipinski definition) is 1. The van der Waals surface area contributed by atoms with Gasteiger partial charge in [0.05, 0.1) is 0 Å². The van der Waals surface area contributed by atoms with Crippen LogP contribution in [-0.4, -0.2) is 17.4 Å². The molecule has 2 atom stereocenters. The van der Waals surface area contributed by atoms with E-state index in [9.17, 15) is 0 Å². The number of halogens is 1. The van der Waals surface area contributed by atoms with E-state index in [-0.39, 0.29) is 0 Å². The van der Waals surface area contributed by atoms with Crippen LogP contribution in [-0.2, 0) is 0 Å². The molecule has 0 radical (unpaired) electrons. The second-order valence-corrected chi connectivity index (χ2v) is 4.35. The third kappa shape index (κ3) is 6.82. The molecule has 0 heterocycles. The predicted molar refractivity (Wildman–Crippen MR) is 55.4 cm³/mol. The van der Waals surface area contributed by atoms with Gasteiger partial charge in [-0.3, -0.25) is 0 Å². The quantitative estimate of drug-likeness (QED) is 0.681. The highest BCUT2D eigenvalue weighted by atomic mass is 79.9. The second-order valence-electron chi connectivity index (χ2n) is 3.06. The third-order valence-corrected chi connectivity index (χ3v) is 3.11. The molecule has 0 saturated heterocycles. The van der Waals surface area contributed by atoms with E-state index in [0.29, 0.717) is 10.9 Å². The molecule has 0 spiro atoms. The Kier molecular flexibility index (Phi) is 7.39. The Labute approximate surface area is 79.1 Å². The van der Waals surface area contributed by atoms with Gasteiger partial charge in [0.1, 0.15) is 0 Å². The zero-order valence-corrected chi connectivity index (χ0v) is 9.45. The van der Waals surface area contributed by atoms with Crippen LogP contribution in [0.1, 0.15) is 40.0 Å². The first-order chi connectivity index (χ1) is 5.20. The highest BCUT2D eigenvalue weighted by molar-refractivity contribution is 9.09. The van der Waals surface area contributed by atoms with Gasteiger partial charge < -0.3 is 5.32 Å². The molecule has 0 aliphatic carbocycles. The molecule has 2 unspecified atom stereocenters. The summed E-state index contributed by atoms with van der Waals surface area (Å²) in [5, 5.41) is 3.47. The summed E-state index contributed by atoms with van der Waals surface area (Å²) in [5.41, 5.74) is 0. The Hall–Kier alpha value is 0.440. The maximum absolute atomic E-state index is 3.61. The zero-order chi connectivity index (χ0) is 8.69. The fraction of sp³-hybridized carbons (Fsp3) is 1.00. The molecule has 0 aromatic carbocycles. The van der Waals surface area contributed by atoms with E-state index >= 15 is 0 Å². The fourth-order valence-electron chi connectivity index (χ4n) is 0.835. The van der Waals surface area contributed by atoms with E-state index in [1.807, 2.05) is 0 Å². The van der Waals surface area contributed by atoms with E-state index in [4.69, 9.17) is 0 Å². The molecular formula is C9H20BrN. The van der Waals surface area contributed by atoms with Crippen LogP contribution < -0.4 is 5.32 Å². The average molecular weight is 222 g/mol. The monoisotopic (exact) mass is 221 g/mol. The first-order valence-electron chi connectivity index (χ1n) is 4.58. The molecule has 2 heteroatoms. The van der Waals surface area contributed by atoms with Crippen LogP contribution in [0.4, 0.5) is 0 Å². The van der Waals surface area contributed by atoms with Crippen LogP contribution in [0.15, 0.2) is 0 Å². The zero-order valence-electron chi connectivity index (χ0n) is 7.86. The van der Waals surface area contributed by atoms with Gasteiger partial charge in [0.2, 0.25) is 0 Å². The summed E-state index contributed by atoms with van der Waals surface area (Å²) in [5.74, 6) is 0. The molecular weight excluding hydrogens is 202 g/mol. The topological polar surface area (TPSA) is 12.0 Å². The summed E-state index contributed by atoms with van der Waals surface area (Å²) in [6.45, 7) is 7.79. The molecule has 0 rings (SSSR count). The molecule has 0 aliphatic rings. The SMILES string of the molecule is CCC(Br)CCNC(C)CC. The molecule has 0 aromatic heterocycles. The minimum Gasteiger partial charge on any atom is -0.314 e. The largest absolute Gasteiger partial charge is 0.314 e. The number of hydrogen-bond acceptors (Lipinski definition) is 1. The molecule has 0 saturated carbocycles. The second kappa shape index (κ2) is 7.11. The molecule has 0 fully saturated rings. The number of alkyl halides is 1. The van der Waals surface area contributed by atoms with Crippen molar-refractivity contribution in [3.8, 4) is 0 Å². The lowest BCUT2D eigenvalue weighted by Crippen LogP contribution is -2.27. The Balaban J connectivity index is 3.13. The molecule has 0 aromatic rings. The van der Waals surface area contributed by atoms with Crippen LogP contribution in [0.3, 0.4) is 0 Å². The van der Waals surface area contributed by atoms with Crippen LogP contribution in [0.2, 0.25) is 0 Å². The number of rotatable bonds is 6. The van der Waals surface area contributed by atoms with Gasteiger partial charge in [-0.15, -0.1) is 0 Å². The van der Waals surface area contributed by atoms with Crippen molar-refractivity contribution in [3.05, 3.63) is 0 Å².